The molecule has 0 amide bonds. The predicted octanol–water partition coefficient (Wildman–Crippen LogP) is 3.86. The lowest BCUT2D eigenvalue weighted by molar-refractivity contribution is 0.220. The molecule has 1 saturated heterocycles. The van der Waals surface area contributed by atoms with Gasteiger partial charge in [-0.1, -0.05) is 34.6 Å². The van der Waals surface area contributed by atoms with E-state index in [0.29, 0.717) is 0 Å². The van der Waals surface area contributed by atoms with Gasteiger partial charge < -0.3 is 9.80 Å². The van der Waals surface area contributed by atoms with E-state index in [2.05, 4.69) is 30.7 Å². The first-order valence-electron chi connectivity index (χ1n) is 7.66. The summed E-state index contributed by atoms with van der Waals surface area (Å²) in [6.07, 6.45) is 4.15. The van der Waals surface area contributed by atoms with Gasteiger partial charge in [-0.3, -0.25) is 0 Å². The van der Waals surface area contributed by atoms with Gasteiger partial charge in [0.2, 0.25) is 0 Å². The van der Waals surface area contributed by atoms with Gasteiger partial charge in [-0.25, -0.2) is 0 Å². The van der Waals surface area contributed by atoms with Gasteiger partial charge in [-0.05, 0) is 59.4 Å². The molecule has 1 unspecified atom stereocenters. The minimum Gasteiger partial charge on any atom is -0.307 e. The zero-order valence-electron chi connectivity index (χ0n) is 13.4. The number of likely N-dealkylation sites (tertiary alicyclic amines) is 1. The molecule has 0 bridgehead atoms. The van der Waals surface area contributed by atoms with E-state index in [0.717, 1.165) is 6.04 Å². The second-order valence-corrected chi connectivity index (χ2v) is 4.28. The highest BCUT2D eigenvalue weighted by atomic mass is 15.2. The molecule has 106 valence electrons. The van der Waals surface area contributed by atoms with Crippen molar-refractivity contribution in [2.75, 3.05) is 33.2 Å². The summed E-state index contributed by atoms with van der Waals surface area (Å²) in [7, 11) is 2.21. The first kappa shape index (κ1) is 19.3. The van der Waals surface area contributed by atoms with Crippen LogP contribution in [0.5, 0.6) is 0 Å². The lowest BCUT2D eigenvalue weighted by Gasteiger charge is -2.25. The van der Waals surface area contributed by atoms with Gasteiger partial charge in [0, 0.05) is 6.04 Å². The van der Waals surface area contributed by atoms with Gasteiger partial charge in [0.05, 0.1) is 0 Å². The maximum Gasteiger partial charge on any atom is 0.00790 e. The van der Waals surface area contributed by atoms with Crippen LogP contribution in [0, 0.1) is 0 Å². The highest BCUT2D eigenvalue weighted by Gasteiger charge is 2.17. The fourth-order valence-electron chi connectivity index (χ4n) is 1.93. The van der Waals surface area contributed by atoms with Crippen molar-refractivity contribution in [2.24, 2.45) is 0 Å². The lowest BCUT2D eigenvalue weighted by atomic mass is 10.2. The Morgan fingerprint density at radius 2 is 1.53 bits per heavy atom. The highest BCUT2D eigenvalue weighted by Crippen LogP contribution is 2.13. The third kappa shape index (κ3) is 9.61. The molecule has 0 radical (unpaired) electrons. The van der Waals surface area contributed by atoms with Gasteiger partial charge in [0.15, 0.2) is 0 Å². The fourth-order valence-corrected chi connectivity index (χ4v) is 1.93. The Hall–Kier alpha value is -0.0800. The monoisotopic (exact) mass is 244 g/mol. The minimum atomic E-state index is 0.788. The average molecular weight is 244 g/mol. The quantitative estimate of drug-likeness (QED) is 0.724. The van der Waals surface area contributed by atoms with Crippen LogP contribution in [0.4, 0.5) is 0 Å². The molecule has 17 heavy (non-hydrogen) atoms. The summed E-state index contributed by atoms with van der Waals surface area (Å²) < 4.78 is 0. The largest absolute Gasteiger partial charge is 0.307 e. The van der Waals surface area contributed by atoms with Crippen LogP contribution >= 0.6 is 0 Å². The zero-order valence-corrected chi connectivity index (χ0v) is 13.4. The molecule has 2 heteroatoms. The molecule has 0 spiro atoms. The Morgan fingerprint density at radius 3 is 1.94 bits per heavy atom. The van der Waals surface area contributed by atoms with Gasteiger partial charge in [-0.2, -0.15) is 0 Å². The van der Waals surface area contributed by atoms with Crippen LogP contribution in [0.25, 0.3) is 0 Å². The van der Waals surface area contributed by atoms with Crippen molar-refractivity contribution in [3.63, 3.8) is 0 Å². The van der Waals surface area contributed by atoms with Crippen molar-refractivity contribution in [1.29, 1.82) is 0 Å². The standard InChI is InChI=1S/C11H24N2.2C2H6/c1-4-12(3)10-7-11(2)13-8-5-6-9-13;2*1-2/h11H,4-10H2,1-3H3;2*1-2H3. The minimum absolute atomic E-state index is 0.788. The molecule has 1 aliphatic rings. The molecule has 0 aliphatic carbocycles. The number of nitrogens with zero attached hydrogens (tertiary/aromatic N) is 2. The van der Waals surface area contributed by atoms with Crippen LogP contribution < -0.4 is 0 Å². The Morgan fingerprint density at radius 1 is 1.06 bits per heavy atom. The SMILES string of the molecule is CC.CC.CCN(C)CCC(C)N1CCCC1. The summed E-state index contributed by atoms with van der Waals surface area (Å²) in [4.78, 5) is 5.02. The Labute approximate surface area is 110 Å². The molecule has 0 saturated carbocycles. The predicted molar refractivity (Wildman–Crippen MR) is 80.8 cm³/mol. The normalized spacial score (nSPS) is 16.9. The van der Waals surface area contributed by atoms with Crippen molar-refractivity contribution in [1.82, 2.24) is 9.80 Å². The first-order valence-corrected chi connectivity index (χ1v) is 7.66. The van der Waals surface area contributed by atoms with Crippen molar-refractivity contribution in [3.8, 4) is 0 Å². The average Bonchev–Trinajstić information content (AvgIpc) is 2.94. The van der Waals surface area contributed by atoms with Crippen LogP contribution in [0.3, 0.4) is 0 Å². The van der Waals surface area contributed by atoms with Crippen molar-refractivity contribution >= 4 is 0 Å². The van der Waals surface area contributed by atoms with Crippen molar-refractivity contribution < 1.29 is 0 Å². The summed E-state index contributed by atoms with van der Waals surface area (Å²) >= 11 is 0. The molecule has 1 heterocycles. The Bertz CT molecular complexity index is 131. The summed E-state index contributed by atoms with van der Waals surface area (Å²) in [6, 6.07) is 0.788. The second-order valence-electron chi connectivity index (χ2n) is 4.28. The highest BCUT2D eigenvalue weighted by molar-refractivity contribution is 4.73. The molecular weight excluding hydrogens is 208 g/mol. The fraction of sp³-hybridized carbons (Fsp3) is 1.00. The summed E-state index contributed by atoms with van der Waals surface area (Å²) in [6.45, 7) is 17.7. The second kappa shape index (κ2) is 14.0. The lowest BCUT2D eigenvalue weighted by Crippen LogP contribution is -2.33. The molecule has 0 aromatic heterocycles. The smallest absolute Gasteiger partial charge is 0.00790 e. The van der Waals surface area contributed by atoms with Crippen LogP contribution in [-0.4, -0.2) is 49.1 Å². The van der Waals surface area contributed by atoms with E-state index in [1.807, 2.05) is 27.7 Å². The van der Waals surface area contributed by atoms with Gasteiger partial charge in [-0.15, -0.1) is 0 Å². The van der Waals surface area contributed by atoms with E-state index in [1.165, 1.54) is 45.4 Å². The van der Waals surface area contributed by atoms with Crippen LogP contribution in [0.1, 0.15) is 60.8 Å². The molecule has 0 aromatic carbocycles. The Kier molecular flexibility index (Phi) is 15.8. The van der Waals surface area contributed by atoms with E-state index < -0.39 is 0 Å². The third-order valence-electron chi connectivity index (χ3n) is 3.23. The maximum absolute atomic E-state index is 2.63. The molecule has 0 aromatic rings. The van der Waals surface area contributed by atoms with E-state index in [9.17, 15) is 0 Å². The summed E-state index contributed by atoms with van der Waals surface area (Å²) in [5.41, 5.74) is 0. The van der Waals surface area contributed by atoms with E-state index >= 15 is 0 Å². The van der Waals surface area contributed by atoms with E-state index in [-0.39, 0.29) is 0 Å². The number of rotatable bonds is 5. The summed E-state index contributed by atoms with van der Waals surface area (Å²) in [5, 5.41) is 0. The number of hydrogen-bond donors (Lipinski definition) is 0. The van der Waals surface area contributed by atoms with E-state index in [1.54, 1.807) is 0 Å². The molecule has 1 aliphatic heterocycles. The van der Waals surface area contributed by atoms with Gasteiger partial charge >= 0.3 is 0 Å². The molecule has 1 fully saturated rings. The molecule has 0 N–H and O–H groups in total. The summed E-state index contributed by atoms with van der Waals surface area (Å²) in [5.74, 6) is 0. The molecule has 1 rings (SSSR count). The maximum atomic E-state index is 2.63. The van der Waals surface area contributed by atoms with E-state index in [4.69, 9.17) is 0 Å². The zero-order chi connectivity index (χ0) is 13.7. The molecule has 1 atom stereocenters. The number of hydrogen-bond acceptors (Lipinski definition) is 2. The molecule has 2 nitrogen and oxygen atoms in total. The van der Waals surface area contributed by atoms with Crippen LogP contribution in [-0.2, 0) is 0 Å². The van der Waals surface area contributed by atoms with Crippen LogP contribution in [0.2, 0.25) is 0 Å². The topological polar surface area (TPSA) is 6.48 Å². The van der Waals surface area contributed by atoms with Crippen molar-refractivity contribution in [3.05, 3.63) is 0 Å². The van der Waals surface area contributed by atoms with Crippen LogP contribution in [0.15, 0.2) is 0 Å². The first-order chi connectivity index (χ1) is 8.24. The van der Waals surface area contributed by atoms with Crippen molar-refractivity contribution in [2.45, 2.75) is 66.8 Å². The third-order valence-corrected chi connectivity index (χ3v) is 3.23. The van der Waals surface area contributed by atoms with Gasteiger partial charge in [0.25, 0.3) is 0 Å². The Balaban J connectivity index is 0. The van der Waals surface area contributed by atoms with Gasteiger partial charge in [0.1, 0.15) is 0 Å². The molecular formula is C15H36N2.